The first kappa shape index (κ1) is 17.3. The Kier molecular flexibility index (Phi) is 6.87. The maximum Gasteiger partial charge on any atom is 0.315 e. The molecule has 0 spiro atoms. The minimum absolute atomic E-state index is 0.0313. The molecule has 2 atom stereocenters. The van der Waals surface area contributed by atoms with E-state index in [9.17, 15) is 9.59 Å². The molecule has 2 amide bonds. The van der Waals surface area contributed by atoms with Crippen LogP contribution in [0, 0.1) is 0 Å². The fraction of sp³-hybridized carbons (Fsp3) is 0.529. The van der Waals surface area contributed by atoms with E-state index in [-0.39, 0.29) is 24.6 Å². The third-order valence-electron chi connectivity index (χ3n) is 3.88. The highest BCUT2D eigenvalue weighted by molar-refractivity contribution is 5.74. The molecule has 1 aromatic rings. The third kappa shape index (κ3) is 6.69. The summed E-state index contributed by atoms with van der Waals surface area (Å²) in [7, 11) is 0. The van der Waals surface area contributed by atoms with Gasteiger partial charge in [-0.25, -0.2) is 4.79 Å². The summed E-state index contributed by atoms with van der Waals surface area (Å²) in [5.74, 6) is -0.857. The van der Waals surface area contributed by atoms with E-state index in [0.29, 0.717) is 19.4 Å². The largest absolute Gasteiger partial charge is 0.481 e. The van der Waals surface area contributed by atoms with Gasteiger partial charge >= 0.3 is 12.0 Å². The molecule has 1 fully saturated rings. The van der Waals surface area contributed by atoms with E-state index < -0.39 is 5.97 Å². The fourth-order valence-electron chi connectivity index (χ4n) is 2.67. The summed E-state index contributed by atoms with van der Waals surface area (Å²) in [5, 5.41) is 14.5. The molecule has 0 aliphatic carbocycles. The predicted octanol–water partition coefficient (Wildman–Crippen LogP) is 1.94. The topological polar surface area (TPSA) is 87.7 Å². The Balaban J connectivity index is 1.82. The molecule has 6 nitrogen and oxygen atoms in total. The van der Waals surface area contributed by atoms with Crippen LogP contribution in [0.5, 0.6) is 0 Å². The summed E-state index contributed by atoms with van der Waals surface area (Å²) < 4.78 is 5.46. The average Bonchev–Trinajstić information content (AvgIpc) is 3.05. The molecule has 23 heavy (non-hydrogen) atoms. The van der Waals surface area contributed by atoms with E-state index in [2.05, 4.69) is 10.6 Å². The van der Waals surface area contributed by atoms with E-state index in [1.807, 2.05) is 30.3 Å². The minimum atomic E-state index is -0.857. The fourth-order valence-corrected chi connectivity index (χ4v) is 2.67. The molecule has 2 rings (SSSR count). The lowest BCUT2D eigenvalue weighted by atomic mass is 10.0. The highest BCUT2D eigenvalue weighted by atomic mass is 16.5. The van der Waals surface area contributed by atoms with Gasteiger partial charge in [-0.3, -0.25) is 4.79 Å². The summed E-state index contributed by atoms with van der Waals surface area (Å²) >= 11 is 0. The molecule has 3 N–H and O–H groups in total. The Hall–Kier alpha value is -2.08. The van der Waals surface area contributed by atoms with Crippen LogP contribution in [-0.2, 0) is 16.0 Å². The van der Waals surface area contributed by atoms with Crippen molar-refractivity contribution in [2.45, 2.75) is 44.2 Å². The van der Waals surface area contributed by atoms with Gasteiger partial charge in [0.05, 0.1) is 6.10 Å². The van der Waals surface area contributed by atoms with Crippen LogP contribution < -0.4 is 10.6 Å². The Morgan fingerprint density at radius 1 is 1.30 bits per heavy atom. The first-order valence-corrected chi connectivity index (χ1v) is 8.05. The van der Waals surface area contributed by atoms with Gasteiger partial charge in [-0.05, 0) is 31.2 Å². The molecular formula is C17H24N2O4. The molecule has 1 aliphatic heterocycles. The lowest BCUT2D eigenvalue weighted by molar-refractivity contribution is -0.137. The monoisotopic (exact) mass is 320 g/mol. The molecule has 1 aromatic carbocycles. The summed E-state index contributed by atoms with van der Waals surface area (Å²) in [4.78, 5) is 22.8. The van der Waals surface area contributed by atoms with Gasteiger partial charge in [0.15, 0.2) is 0 Å². The van der Waals surface area contributed by atoms with Gasteiger partial charge in [-0.15, -0.1) is 0 Å². The number of hydrogen-bond acceptors (Lipinski definition) is 3. The second-order valence-corrected chi connectivity index (χ2v) is 5.81. The molecule has 0 saturated carbocycles. The lowest BCUT2D eigenvalue weighted by Crippen LogP contribution is -2.45. The van der Waals surface area contributed by atoms with Crippen molar-refractivity contribution in [2.75, 3.05) is 13.2 Å². The van der Waals surface area contributed by atoms with E-state index in [0.717, 1.165) is 25.0 Å². The van der Waals surface area contributed by atoms with Gasteiger partial charge in [-0.1, -0.05) is 30.3 Å². The number of rotatable bonds is 8. The molecule has 1 saturated heterocycles. The molecule has 0 bridgehead atoms. The Morgan fingerprint density at radius 2 is 2.09 bits per heavy atom. The number of amides is 2. The summed E-state index contributed by atoms with van der Waals surface area (Å²) in [6.45, 7) is 1.24. The average molecular weight is 320 g/mol. The van der Waals surface area contributed by atoms with Gasteiger partial charge in [0.2, 0.25) is 0 Å². The number of benzene rings is 1. The molecule has 6 heteroatoms. The SMILES string of the molecule is O=C(O)CCC(Cc1ccccc1)NC(=O)NC[C@H]1CCCO1. The van der Waals surface area contributed by atoms with Crippen molar-refractivity contribution in [3.05, 3.63) is 35.9 Å². The van der Waals surface area contributed by atoms with Gasteiger partial charge in [0, 0.05) is 25.6 Å². The lowest BCUT2D eigenvalue weighted by Gasteiger charge is -2.19. The number of carboxylic acid groups (broad SMARTS) is 1. The van der Waals surface area contributed by atoms with Crippen molar-refractivity contribution >= 4 is 12.0 Å². The number of urea groups is 1. The molecule has 0 radical (unpaired) electrons. The van der Waals surface area contributed by atoms with Gasteiger partial charge < -0.3 is 20.5 Å². The molecule has 0 aromatic heterocycles. The first-order chi connectivity index (χ1) is 11.1. The van der Waals surface area contributed by atoms with Gasteiger partial charge in [0.25, 0.3) is 0 Å². The highest BCUT2D eigenvalue weighted by Gasteiger charge is 2.18. The number of carbonyl (C=O) groups excluding carboxylic acids is 1. The normalized spacial score (nSPS) is 18.3. The van der Waals surface area contributed by atoms with Crippen LogP contribution in [0.25, 0.3) is 0 Å². The number of nitrogens with one attached hydrogen (secondary N) is 2. The van der Waals surface area contributed by atoms with E-state index in [1.165, 1.54) is 0 Å². The summed E-state index contributed by atoms with van der Waals surface area (Å²) in [5.41, 5.74) is 1.07. The van der Waals surface area contributed by atoms with Gasteiger partial charge in [0.1, 0.15) is 0 Å². The molecule has 1 heterocycles. The standard InChI is InChI=1S/C17H24N2O4/c20-16(21)9-8-14(11-13-5-2-1-3-6-13)19-17(22)18-12-15-7-4-10-23-15/h1-3,5-6,14-15H,4,7-12H2,(H,20,21)(H2,18,19,22)/t14?,15-/m1/s1. The van der Waals surface area contributed by atoms with Crippen molar-refractivity contribution in [1.82, 2.24) is 10.6 Å². The first-order valence-electron chi connectivity index (χ1n) is 8.05. The summed E-state index contributed by atoms with van der Waals surface area (Å²) in [6, 6.07) is 9.25. The van der Waals surface area contributed by atoms with E-state index in [4.69, 9.17) is 9.84 Å². The number of carbonyl (C=O) groups is 2. The Morgan fingerprint density at radius 3 is 2.74 bits per heavy atom. The number of ether oxygens (including phenoxy) is 1. The Bertz CT molecular complexity index is 501. The minimum Gasteiger partial charge on any atom is -0.481 e. The zero-order chi connectivity index (χ0) is 16.5. The summed E-state index contributed by atoms with van der Waals surface area (Å²) in [6.07, 6.45) is 3.13. The van der Waals surface area contributed by atoms with Crippen molar-refractivity contribution < 1.29 is 19.4 Å². The smallest absolute Gasteiger partial charge is 0.315 e. The maximum atomic E-state index is 12.0. The van der Waals surface area contributed by atoms with Crippen LogP contribution in [-0.4, -0.2) is 42.4 Å². The predicted molar refractivity (Wildman–Crippen MR) is 86.3 cm³/mol. The second kappa shape index (κ2) is 9.15. The number of hydrogen-bond donors (Lipinski definition) is 3. The highest BCUT2D eigenvalue weighted by Crippen LogP contribution is 2.11. The Labute approximate surface area is 136 Å². The van der Waals surface area contributed by atoms with Crippen molar-refractivity contribution in [3.8, 4) is 0 Å². The van der Waals surface area contributed by atoms with E-state index in [1.54, 1.807) is 0 Å². The number of carboxylic acids is 1. The molecule has 1 aliphatic rings. The molecular weight excluding hydrogens is 296 g/mol. The van der Waals surface area contributed by atoms with Crippen LogP contribution in [0.4, 0.5) is 4.79 Å². The zero-order valence-electron chi connectivity index (χ0n) is 13.2. The third-order valence-corrected chi connectivity index (χ3v) is 3.88. The van der Waals surface area contributed by atoms with Crippen LogP contribution in [0.15, 0.2) is 30.3 Å². The van der Waals surface area contributed by atoms with Crippen LogP contribution in [0.3, 0.4) is 0 Å². The maximum absolute atomic E-state index is 12.0. The number of aliphatic carboxylic acids is 1. The quantitative estimate of drug-likeness (QED) is 0.683. The van der Waals surface area contributed by atoms with Crippen molar-refractivity contribution in [1.29, 1.82) is 0 Å². The van der Waals surface area contributed by atoms with Crippen LogP contribution >= 0.6 is 0 Å². The van der Waals surface area contributed by atoms with Crippen molar-refractivity contribution in [3.63, 3.8) is 0 Å². The second-order valence-electron chi connectivity index (χ2n) is 5.81. The van der Waals surface area contributed by atoms with Crippen LogP contribution in [0.1, 0.15) is 31.2 Å². The van der Waals surface area contributed by atoms with E-state index >= 15 is 0 Å². The van der Waals surface area contributed by atoms with Crippen LogP contribution in [0.2, 0.25) is 0 Å². The molecule has 126 valence electrons. The zero-order valence-corrected chi connectivity index (χ0v) is 13.2. The van der Waals surface area contributed by atoms with Crippen molar-refractivity contribution in [2.24, 2.45) is 0 Å². The molecule has 1 unspecified atom stereocenters. The van der Waals surface area contributed by atoms with Gasteiger partial charge in [-0.2, -0.15) is 0 Å².